The third-order valence-corrected chi connectivity index (χ3v) is 5.62. The number of methoxy groups -OCH3 is 1. The zero-order chi connectivity index (χ0) is 21.1. The van der Waals surface area contributed by atoms with Crippen molar-refractivity contribution in [2.45, 2.75) is 18.9 Å². The van der Waals surface area contributed by atoms with Crippen molar-refractivity contribution in [3.05, 3.63) is 71.8 Å². The van der Waals surface area contributed by atoms with E-state index in [1.54, 1.807) is 7.11 Å². The zero-order valence-corrected chi connectivity index (χ0v) is 17.1. The number of likely N-dealkylation sites (N-methyl/N-ethyl adjacent to an activating group) is 1. The molecule has 1 N–H and O–H groups in total. The Morgan fingerprint density at radius 3 is 2.50 bits per heavy atom. The number of benzene rings is 3. The van der Waals surface area contributed by atoms with Crippen molar-refractivity contribution in [3.8, 4) is 11.5 Å². The number of rotatable bonds is 7. The molecule has 6 heteroatoms. The van der Waals surface area contributed by atoms with Crippen LogP contribution in [-0.4, -0.2) is 43.1 Å². The summed E-state index contributed by atoms with van der Waals surface area (Å²) >= 11 is 0. The molecule has 3 aromatic rings. The van der Waals surface area contributed by atoms with Gasteiger partial charge in [0.2, 0.25) is 6.79 Å². The second-order valence-corrected chi connectivity index (χ2v) is 7.30. The van der Waals surface area contributed by atoms with Gasteiger partial charge < -0.3 is 24.2 Å². The van der Waals surface area contributed by atoms with Crippen molar-refractivity contribution in [2.24, 2.45) is 0 Å². The zero-order valence-electron chi connectivity index (χ0n) is 17.1. The van der Waals surface area contributed by atoms with Crippen LogP contribution in [0.2, 0.25) is 0 Å². The van der Waals surface area contributed by atoms with E-state index in [4.69, 9.17) is 14.2 Å². The molecule has 0 aliphatic carbocycles. The Morgan fingerprint density at radius 1 is 1.03 bits per heavy atom. The summed E-state index contributed by atoms with van der Waals surface area (Å²) in [6, 6.07) is 20.1. The van der Waals surface area contributed by atoms with E-state index in [-0.39, 0.29) is 18.8 Å². The third kappa shape index (κ3) is 3.91. The molecule has 3 aromatic carbocycles. The normalized spacial score (nSPS) is 14.5. The molecule has 0 bridgehead atoms. The van der Waals surface area contributed by atoms with Crippen molar-refractivity contribution < 1.29 is 24.1 Å². The summed E-state index contributed by atoms with van der Waals surface area (Å²) < 4.78 is 16.9. The lowest BCUT2D eigenvalue weighted by atomic mass is 9.87. The highest BCUT2D eigenvalue weighted by atomic mass is 16.7. The van der Waals surface area contributed by atoms with Crippen LogP contribution in [-0.2, 0) is 4.74 Å². The van der Waals surface area contributed by atoms with Crippen LogP contribution in [0.3, 0.4) is 0 Å². The Kier molecular flexibility index (Phi) is 5.77. The number of hydrogen-bond donors (Lipinski definition) is 1. The third-order valence-electron chi connectivity index (χ3n) is 5.62. The van der Waals surface area contributed by atoms with Crippen molar-refractivity contribution in [1.29, 1.82) is 0 Å². The van der Waals surface area contributed by atoms with E-state index in [0.29, 0.717) is 24.6 Å². The minimum atomic E-state index is -0.941. The summed E-state index contributed by atoms with van der Waals surface area (Å²) in [4.78, 5) is 13.2. The lowest BCUT2D eigenvalue weighted by molar-refractivity contribution is 0.0632. The first-order valence-electron chi connectivity index (χ1n) is 9.99. The van der Waals surface area contributed by atoms with E-state index in [2.05, 4.69) is 30.3 Å². The lowest BCUT2D eigenvalue weighted by Gasteiger charge is -2.31. The van der Waals surface area contributed by atoms with Gasteiger partial charge >= 0.3 is 6.09 Å². The summed E-state index contributed by atoms with van der Waals surface area (Å²) in [7, 11) is 1.65. The van der Waals surface area contributed by atoms with Gasteiger partial charge in [-0.1, -0.05) is 48.5 Å². The number of amides is 1. The van der Waals surface area contributed by atoms with E-state index in [0.717, 1.165) is 21.9 Å². The van der Waals surface area contributed by atoms with Crippen LogP contribution < -0.4 is 9.47 Å². The van der Waals surface area contributed by atoms with Gasteiger partial charge in [0.15, 0.2) is 11.5 Å². The van der Waals surface area contributed by atoms with Gasteiger partial charge in [-0.15, -0.1) is 0 Å². The fourth-order valence-electron chi connectivity index (χ4n) is 4.02. The smallest absolute Gasteiger partial charge is 0.407 e. The van der Waals surface area contributed by atoms with Gasteiger partial charge in [0, 0.05) is 26.1 Å². The van der Waals surface area contributed by atoms with Gasteiger partial charge in [-0.05, 0) is 41.0 Å². The number of ether oxygens (including phenoxy) is 3. The number of carboxylic acid groups (broad SMARTS) is 1. The quantitative estimate of drug-likeness (QED) is 0.594. The van der Waals surface area contributed by atoms with Crippen LogP contribution in [0, 0.1) is 0 Å². The van der Waals surface area contributed by atoms with Crippen LogP contribution >= 0.6 is 0 Å². The molecular formula is C24H25NO5. The van der Waals surface area contributed by atoms with E-state index in [1.807, 2.05) is 37.3 Å². The second-order valence-electron chi connectivity index (χ2n) is 7.30. The van der Waals surface area contributed by atoms with Gasteiger partial charge in [0.05, 0.1) is 6.10 Å². The highest BCUT2D eigenvalue weighted by molar-refractivity contribution is 5.83. The maximum absolute atomic E-state index is 11.8. The number of fused-ring (bicyclic) bond motifs is 2. The number of carbonyl (C=O) groups is 1. The molecule has 156 valence electrons. The molecule has 0 saturated heterocycles. The fourth-order valence-corrected chi connectivity index (χ4v) is 4.02. The molecule has 0 fully saturated rings. The molecule has 0 saturated carbocycles. The van der Waals surface area contributed by atoms with Crippen LogP contribution in [0.1, 0.15) is 30.1 Å². The molecular weight excluding hydrogens is 382 g/mol. The standard InChI is InChI=1S/C24H25NO5/c1-3-25(24(26)27)14-20(18-9-8-16-6-4-5-7-17(16)12-18)23(28-2)19-10-11-21-22(13-19)30-15-29-21/h4-13,20,23H,3,14-15H2,1-2H3,(H,26,27). The number of nitrogens with zero attached hydrogens (tertiary/aromatic N) is 1. The van der Waals surface area contributed by atoms with Crippen molar-refractivity contribution in [3.63, 3.8) is 0 Å². The van der Waals surface area contributed by atoms with E-state index < -0.39 is 6.09 Å². The highest BCUT2D eigenvalue weighted by Gasteiger charge is 2.30. The second kappa shape index (κ2) is 8.63. The maximum atomic E-state index is 11.8. The Hall–Kier alpha value is -3.25. The van der Waals surface area contributed by atoms with E-state index in [1.165, 1.54) is 4.90 Å². The predicted molar refractivity (Wildman–Crippen MR) is 114 cm³/mol. The van der Waals surface area contributed by atoms with Gasteiger partial charge in [-0.3, -0.25) is 0 Å². The summed E-state index contributed by atoms with van der Waals surface area (Å²) in [5, 5.41) is 11.9. The maximum Gasteiger partial charge on any atom is 0.407 e. The number of hydrogen-bond acceptors (Lipinski definition) is 4. The summed E-state index contributed by atoms with van der Waals surface area (Å²) in [5.74, 6) is 1.19. The first kappa shape index (κ1) is 20.0. The molecule has 1 aliphatic heterocycles. The van der Waals surface area contributed by atoms with Gasteiger partial charge in [-0.2, -0.15) is 0 Å². The van der Waals surface area contributed by atoms with Crippen LogP contribution in [0.25, 0.3) is 10.8 Å². The molecule has 1 aliphatic rings. The molecule has 30 heavy (non-hydrogen) atoms. The molecule has 0 spiro atoms. The first-order chi connectivity index (χ1) is 14.6. The van der Waals surface area contributed by atoms with E-state index in [9.17, 15) is 9.90 Å². The van der Waals surface area contributed by atoms with Gasteiger partial charge in [0.25, 0.3) is 0 Å². The summed E-state index contributed by atoms with van der Waals surface area (Å²) in [5.41, 5.74) is 1.94. The summed E-state index contributed by atoms with van der Waals surface area (Å²) in [6.07, 6.45) is -1.29. The predicted octanol–water partition coefficient (Wildman–Crippen LogP) is 5.04. The fraction of sp³-hybridized carbons (Fsp3) is 0.292. The summed E-state index contributed by atoms with van der Waals surface area (Å²) in [6.45, 7) is 2.76. The molecule has 4 rings (SSSR count). The lowest BCUT2D eigenvalue weighted by Crippen LogP contribution is -2.35. The minimum Gasteiger partial charge on any atom is -0.465 e. The monoisotopic (exact) mass is 407 g/mol. The SMILES string of the molecule is CCN(CC(c1ccc2ccccc2c1)C(OC)c1ccc2c(c1)OCO2)C(=O)O. The van der Waals surface area contributed by atoms with Gasteiger partial charge in [-0.25, -0.2) is 4.79 Å². The van der Waals surface area contributed by atoms with Crippen LogP contribution in [0.15, 0.2) is 60.7 Å². The molecule has 2 atom stereocenters. The molecule has 0 radical (unpaired) electrons. The first-order valence-corrected chi connectivity index (χ1v) is 9.99. The van der Waals surface area contributed by atoms with Crippen LogP contribution in [0.5, 0.6) is 11.5 Å². The molecule has 6 nitrogen and oxygen atoms in total. The highest BCUT2D eigenvalue weighted by Crippen LogP contribution is 2.40. The average molecular weight is 407 g/mol. The minimum absolute atomic E-state index is 0.198. The van der Waals surface area contributed by atoms with Crippen molar-refractivity contribution in [2.75, 3.05) is 27.0 Å². The Labute approximate surface area is 175 Å². The average Bonchev–Trinajstić information content (AvgIpc) is 3.24. The largest absolute Gasteiger partial charge is 0.465 e. The Morgan fingerprint density at radius 2 is 1.77 bits per heavy atom. The van der Waals surface area contributed by atoms with Crippen molar-refractivity contribution >= 4 is 16.9 Å². The Balaban J connectivity index is 1.77. The molecule has 1 amide bonds. The van der Waals surface area contributed by atoms with Gasteiger partial charge in [0.1, 0.15) is 0 Å². The molecule has 0 aromatic heterocycles. The van der Waals surface area contributed by atoms with E-state index >= 15 is 0 Å². The van der Waals surface area contributed by atoms with Crippen molar-refractivity contribution in [1.82, 2.24) is 4.90 Å². The van der Waals surface area contributed by atoms with Crippen LogP contribution in [0.4, 0.5) is 4.79 Å². The molecule has 2 unspecified atom stereocenters. The topological polar surface area (TPSA) is 68.2 Å². The Bertz CT molecular complexity index is 1050. The molecule has 1 heterocycles.